The molecular formula is C20H25NO4S. The number of benzene rings is 2. The monoisotopic (exact) mass is 375 g/mol. The summed E-state index contributed by atoms with van der Waals surface area (Å²) in [4.78, 5) is 0.362. The zero-order chi connectivity index (χ0) is 18.7. The van der Waals surface area contributed by atoms with Gasteiger partial charge in [-0.25, -0.2) is 8.42 Å². The molecule has 0 fully saturated rings. The summed E-state index contributed by atoms with van der Waals surface area (Å²) in [5.74, 6) is 1.21. The Morgan fingerprint density at radius 3 is 2.31 bits per heavy atom. The third-order valence-electron chi connectivity index (χ3n) is 4.88. The molecule has 5 nitrogen and oxygen atoms in total. The van der Waals surface area contributed by atoms with E-state index >= 15 is 0 Å². The molecule has 1 aliphatic rings. The van der Waals surface area contributed by atoms with Crippen LogP contribution in [0.1, 0.15) is 29.5 Å². The van der Waals surface area contributed by atoms with Crippen LogP contribution in [0.2, 0.25) is 0 Å². The lowest BCUT2D eigenvalue weighted by Gasteiger charge is -2.21. The minimum absolute atomic E-state index is 0.264. The van der Waals surface area contributed by atoms with Gasteiger partial charge in [-0.1, -0.05) is 12.1 Å². The molecule has 0 amide bonds. The molecule has 0 atom stereocenters. The van der Waals surface area contributed by atoms with Gasteiger partial charge in [0.1, 0.15) is 0 Å². The van der Waals surface area contributed by atoms with Crippen LogP contribution in [0.4, 0.5) is 0 Å². The predicted octanol–water partition coefficient (Wildman–Crippen LogP) is 3.40. The second-order valence-electron chi connectivity index (χ2n) is 6.59. The first-order chi connectivity index (χ1) is 12.5. The van der Waals surface area contributed by atoms with Crippen molar-refractivity contribution in [2.45, 2.75) is 37.1 Å². The van der Waals surface area contributed by atoms with Crippen molar-refractivity contribution in [3.05, 3.63) is 53.1 Å². The number of sulfonamides is 1. The number of ether oxygens (including phenoxy) is 2. The molecule has 140 valence electrons. The van der Waals surface area contributed by atoms with Crippen molar-refractivity contribution in [1.82, 2.24) is 4.31 Å². The normalized spacial score (nSPS) is 14.2. The van der Waals surface area contributed by atoms with Crippen molar-refractivity contribution in [2.24, 2.45) is 0 Å². The highest BCUT2D eigenvalue weighted by molar-refractivity contribution is 7.89. The van der Waals surface area contributed by atoms with E-state index in [4.69, 9.17) is 9.47 Å². The topological polar surface area (TPSA) is 55.8 Å². The van der Waals surface area contributed by atoms with Gasteiger partial charge in [-0.2, -0.15) is 4.31 Å². The number of fused-ring (bicyclic) bond motifs is 1. The van der Waals surface area contributed by atoms with Gasteiger partial charge in [-0.05, 0) is 66.6 Å². The zero-order valence-electron chi connectivity index (χ0n) is 15.5. The maximum Gasteiger partial charge on any atom is 0.243 e. The average Bonchev–Trinajstić information content (AvgIpc) is 2.67. The summed E-state index contributed by atoms with van der Waals surface area (Å²) in [7, 11) is 1.20. The van der Waals surface area contributed by atoms with Gasteiger partial charge in [0.05, 0.1) is 19.1 Å². The first-order valence-electron chi connectivity index (χ1n) is 8.74. The first-order valence-corrected chi connectivity index (χ1v) is 10.2. The molecule has 6 heteroatoms. The minimum atomic E-state index is -3.54. The number of hydrogen-bond donors (Lipinski definition) is 0. The molecule has 1 aliphatic carbocycles. The van der Waals surface area contributed by atoms with Crippen LogP contribution in [-0.2, 0) is 29.4 Å². The first kappa shape index (κ1) is 18.7. The van der Waals surface area contributed by atoms with Crippen molar-refractivity contribution >= 4 is 10.0 Å². The summed E-state index contributed by atoms with van der Waals surface area (Å²) < 4.78 is 37.8. The van der Waals surface area contributed by atoms with Crippen LogP contribution in [0.15, 0.2) is 41.3 Å². The fourth-order valence-corrected chi connectivity index (χ4v) is 4.58. The zero-order valence-corrected chi connectivity index (χ0v) is 16.3. The summed E-state index contributed by atoms with van der Waals surface area (Å²) in [6, 6.07) is 11.0. The molecule has 26 heavy (non-hydrogen) atoms. The van der Waals surface area contributed by atoms with Crippen molar-refractivity contribution in [3.8, 4) is 11.5 Å². The van der Waals surface area contributed by atoms with Gasteiger partial charge in [0.25, 0.3) is 0 Å². The predicted molar refractivity (Wildman–Crippen MR) is 101 cm³/mol. The van der Waals surface area contributed by atoms with Gasteiger partial charge < -0.3 is 9.47 Å². The lowest BCUT2D eigenvalue weighted by Crippen LogP contribution is -2.26. The minimum Gasteiger partial charge on any atom is -0.493 e. The molecule has 0 bridgehead atoms. The van der Waals surface area contributed by atoms with Crippen molar-refractivity contribution < 1.29 is 17.9 Å². The Bertz CT molecular complexity index is 893. The second kappa shape index (κ2) is 7.68. The van der Waals surface area contributed by atoms with Crippen LogP contribution in [0, 0.1) is 0 Å². The van der Waals surface area contributed by atoms with E-state index in [0.717, 1.165) is 30.4 Å². The molecule has 0 N–H and O–H groups in total. The molecule has 0 heterocycles. The maximum absolute atomic E-state index is 13.0. The lowest BCUT2D eigenvalue weighted by atomic mass is 9.92. The molecule has 3 rings (SSSR count). The summed E-state index contributed by atoms with van der Waals surface area (Å²) in [6.07, 6.45) is 4.30. The van der Waals surface area contributed by atoms with Crippen LogP contribution in [0.25, 0.3) is 0 Å². The summed E-state index contributed by atoms with van der Waals surface area (Å²) in [5, 5.41) is 0. The number of hydrogen-bond acceptors (Lipinski definition) is 4. The van der Waals surface area contributed by atoms with Crippen LogP contribution in [0.3, 0.4) is 0 Å². The highest BCUT2D eigenvalue weighted by Gasteiger charge is 2.23. The van der Waals surface area contributed by atoms with Crippen LogP contribution in [0.5, 0.6) is 11.5 Å². The van der Waals surface area contributed by atoms with Gasteiger partial charge in [-0.15, -0.1) is 0 Å². The fraction of sp³-hybridized carbons (Fsp3) is 0.400. The standard InChI is InChI=1S/C20H25NO4S/c1-21(14-15-8-11-19(24-2)20(12-15)25-3)26(22,23)18-10-9-16-6-4-5-7-17(16)13-18/h8-13H,4-7,14H2,1-3H3. The van der Waals surface area contributed by atoms with Gasteiger partial charge >= 0.3 is 0 Å². The van der Waals surface area contributed by atoms with Crippen LogP contribution < -0.4 is 9.47 Å². The van der Waals surface area contributed by atoms with E-state index in [9.17, 15) is 8.42 Å². The Morgan fingerprint density at radius 2 is 1.62 bits per heavy atom. The SMILES string of the molecule is COc1ccc(CN(C)S(=O)(=O)c2ccc3c(c2)CCCC3)cc1OC. The third kappa shape index (κ3) is 3.71. The van der Waals surface area contributed by atoms with Crippen LogP contribution >= 0.6 is 0 Å². The molecule has 0 saturated carbocycles. The molecular weight excluding hydrogens is 350 g/mol. The molecule has 2 aromatic rings. The van der Waals surface area contributed by atoms with E-state index in [-0.39, 0.29) is 6.54 Å². The molecule has 0 aromatic heterocycles. The average molecular weight is 375 g/mol. The van der Waals surface area contributed by atoms with Gasteiger partial charge in [0, 0.05) is 13.6 Å². The Labute approximate surface area is 155 Å². The molecule has 0 unspecified atom stereocenters. The smallest absolute Gasteiger partial charge is 0.243 e. The third-order valence-corrected chi connectivity index (χ3v) is 6.68. The van der Waals surface area contributed by atoms with Crippen molar-refractivity contribution in [1.29, 1.82) is 0 Å². The molecule has 0 spiro atoms. The van der Waals surface area contributed by atoms with E-state index in [1.165, 1.54) is 16.3 Å². The molecule has 2 aromatic carbocycles. The molecule has 0 saturated heterocycles. The Morgan fingerprint density at radius 1 is 0.923 bits per heavy atom. The molecule has 0 aliphatic heterocycles. The van der Waals surface area contributed by atoms with Gasteiger partial charge in [-0.3, -0.25) is 0 Å². The summed E-state index contributed by atoms with van der Waals surface area (Å²) in [5.41, 5.74) is 3.28. The fourth-order valence-electron chi connectivity index (χ4n) is 3.37. The Hall–Kier alpha value is -2.05. The lowest BCUT2D eigenvalue weighted by molar-refractivity contribution is 0.354. The summed E-state index contributed by atoms with van der Waals surface area (Å²) in [6.45, 7) is 0.264. The van der Waals surface area contributed by atoms with E-state index in [1.807, 2.05) is 18.2 Å². The number of methoxy groups -OCH3 is 2. The quantitative estimate of drug-likeness (QED) is 0.776. The van der Waals surface area contributed by atoms with E-state index in [1.54, 1.807) is 39.5 Å². The van der Waals surface area contributed by atoms with E-state index in [2.05, 4.69) is 0 Å². The van der Waals surface area contributed by atoms with Crippen molar-refractivity contribution in [2.75, 3.05) is 21.3 Å². The summed E-state index contributed by atoms with van der Waals surface area (Å²) >= 11 is 0. The van der Waals surface area contributed by atoms with Crippen molar-refractivity contribution in [3.63, 3.8) is 0 Å². The number of nitrogens with zero attached hydrogens (tertiary/aromatic N) is 1. The number of aryl methyl sites for hydroxylation is 2. The largest absolute Gasteiger partial charge is 0.493 e. The van der Waals surface area contributed by atoms with Gasteiger partial charge in [0.2, 0.25) is 10.0 Å². The second-order valence-corrected chi connectivity index (χ2v) is 8.63. The highest BCUT2D eigenvalue weighted by atomic mass is 32.2. The Kier molecular flexibility index (Phi) is 5.53. The number of rotatable bonds is 6. The Balaban J connectivity index is 1.83. The van der Waals surface area contributed by atoms with E-state index in [0.29, 0.717) is 16.4 Å². The van der Waals surface area contributed by atoms with Gasteiger partial charge in [0.15, 0.2) is 11.5 Å². The highest BCUT2D eigenvalue weighted by Crippen LogP contribution is 2.29. The maximum atomic E-state index is 13.0. The van der Waals surface area contributed by atoms with E-state index < -0.39 is 10.0 Å². The molecule has 0 radical (unpaired) electrons. The van der Waals surface area contributed by atoms with Crippen LogP contribution in [-0.4, -0.2) is 34.0 Å².